The fraction of sp³-hybridized carbons (Fsp3) is 0.188. The van der Waals surface area contributed by atoms with Crippen molar-refractivity contribution in [1.82, 2.24) is 5.32 Å². The Balaban J connectivity index is 1.80. The lowest BCUT2D eigenvalue weighted by Gasteiger charge is -2.07. The molecule has 2 nitrogen and oxygen atoms in total. The maximum atomic E-state index is 12.0. The number of thioether (sulfide) groups is 1. The number of benzene rings is 2. The molecule has 0 fully saturated rings. The molecule has 0 heterocycles. The molecule has 104 valence electrons. The van der Waals surface area contributed by atoms with E-state index in [2.05, 4.69) is 17.4 Å². The predicted octanol–water partition coefficient (Wildman–Crippen LogP) is 4.17. The van der Waals surface area contributed by atoms with E-state index in [0.717, 1.165) is 11.3 Å². The highest BCUT2D eigenvalue weighted by Crippen LogP contribution is 2.18. The number of aryl methyl sites for hydroxylation is 1. The van der Waals surface area contributed by atoms with Crippen molar-refractivity contribution in [2.45, 2.75) is 11.8 Å². The van der Waals surface area contributed by atoms with Crippen molar-refractivity contribution in [3.05, 3.63) is 64.7 Å². The summed E-state index contributed by atoms with van der Waals surface area (Å²) in [6.45, 7) is 2.56. The van der Waals surface area contributed by atoms with Crippen LogP contribution in [0, 0.1) is 6.92 Å². The molecule has 0 aliphatic heterocycles. The quantitative estimate of drug-likeness (QED) is 0.663. The molecule has 0 aromatic heterocycles. The van der Waals surface area contributed by atoms with Gasteiger partial charge in [0.1, 0.15) is 0 Å². The summed E-state index contributed by atoms with van der Waals surface area (Å²) in [5.41, 5.74) is 1.58. The molecule has 0 radical (unpaired) electrons. The average Bonchev–Trinajstić information content (AvgIpc) is 2.44. The van der Waals surface area contributed by atoms with Crippen LogP contribution in [0.3, 0.4) is 0 Å². The second-order valence-corrected chi connectivity index (χ2v) is 5.98. The largest absolute Gasteiger partial charge is 0.351 e. The number of rotatable bonds is 5. The van der Waals surface area contributed by atoms with E-state index in [1.165, 1.54) is 4.90 Å². The van der Waals surface area contributed by atoms with Crippen molar-refractivity contribution in [3.8, 4) is 0 Å². The van der Waals surface area contributed by atoms with Gasteiger partial charge in [-0.05, 0) is 36.8 Å². The first-order valence-electron chi connectivity index (χ1n) is 6.39. The van der Waals surface area contributed by atoms with Crippen LogP contribution >= 0.6 is 23.4 Å². The average molecular weight is 306 g/mol. The number of hydrogen-bond donors (Lipinski definition) is 1. The molecule has 0 unspecified atom stereocenters. The highest BCUT2D eigenvalue weighted by atomic mass is 35.5. The Labute approximate surface area is 128 Å². The van der Waals surface area contributed by atoms with Gasteiger partial charge in [-0.25, -0.2) is 0 Å². The lowest BCUT2D eigenvalue weighted by atomic mass is 10.1. The van der Waals surface area contributed by atoms with Crippen LogP contribution in [-0.4, -0.2) is 18.2 Å². The molecule has 20 heavy (non-hydrogen) atoms. The zero-order valence-corrected chi connectivity index (χ0v) is 12.8. The van der Waals surface area contributed by atoms with E-state index in [0.29, 0.717) is 17.1 Å². The fourth-order valence-corrected chi connectivity index (χ4v) is 2.86. The van der Waals surface area contributed by atoms with Gasteiger partial charge in [0.05, 0.1) is 10.6 Å². The van der Waals surface area contributed by atoms with Crippen molar-refractivity contribution in [2.75, 3.05) is 12.3 Å². The first kappa shape index (κ1) is 14.9. The summed E-state index contributed by atoms with van der Waals surface area (Å²) < 4.78 is 0. The fourth-order valence-electron chi connectivity index (χ4n) is 1.75. The van der Waals surface area contributed by atoms with Gasteiger partial charge in [-0.3, -0.25) is 4.79 Å². The number of carbonyl (C=O) groups is 1. The molecule has 0 spiro atoms. The van der Waals surface area contributed by atoms with Gasteiger partial charge >= 0.3 is 0 Å². The molecule has 0 atom stereocenters. The maximum absolute atomic E-state index is 12.0. The second-order valence-electron chi connectivity index (χ2n) is 4.40. The molecular formula is C16H16ClNOS. The molecular weight excluding hydrogens is 290 g/mol. The van der Waals surface area contributed by atoms with E-state index >= 15 is 0 Å². The second kappa shape index (κ2) is 7.36. The van der Waals surface area contributed by atoms with E-state index in [4.69, 9.17) is 11.6 Å². The summed E-state index contributed by atoms with van der Waals surface area (Å²) in [6.07, 6.45) is 0. The third kappa shape index (κ3) is 4.29. The van der Waals surface area contributed by atoms with Crippen LogP contribution in [0.5, 0.6) is 0 Å². The lowest BCUT2D eigenvalue weighted by Crippen LogP contribution is -2.26. The predicted molar refractivity (Wildman–Crippen MR) is 85.7 cm³/mol. The minimum atomic E-state index is -0.122. The molecule has 0 aliphatic rings. The maximum Gasteiger partial charge on any atom is 0.252 e. The smallest absolute Gasteiger partial charge is 0.252 e. The highest BCUT2D eigenvalue weighted by molar-refractivity contribution is 7.99. The van der Waals surface area contributed by atoms with Gasteiger partial charge in [0.25, 0.3) is 5.91 Å². The number of nitrogens with one attached hydrogen (secondary N) is 1. The minimum absolute atomic E-state index is 0.122. The Hall–Kier alpha value is -1.45. The number of hydrogen-bond acceptors (Lipinski definition) is 2. The molecule has 0 saturated heterocycles. The number of carbonyl (C=O) groups excluding carboxylic acids is 1. The topological polar surface area (TPSA) is 29.1 Å². The van der Waals surface area contributed by atoms with Crippen molar-refractivity contribution in [2.24, 2.45) is 0 Å². The Morgan fingerprint density at radius 2 is 1.95 bits per heavy atom. The molecule has 4 heteroatoms. The Bertz CT molecular complexity index is 586. The van der Waals surface area contributed by atoms with Crippen LogP contribution in [0.1, 0.15) is 15.9 Å². The van der Waals surface area contributed by atoms with Crippen LogP contribution in [0.25, 0.3) is 0 Å². The molecule has 0 saturated carbocycles. The highest BCUT2D eigenvalue weighted by Gasteiger charge is 2.09. The summed E-state index contributed by atoms with van der Waals surface area (Å²) >= 11 is 7.78. The summed E-state index contributed by atoms with van der Waals surface area (Å²) in [5, 5.41) is 3.38. The van der Waals surface area contributed by atoms with Gasteiger partial charge in [-0.1, -0.05) is 35.9 Å². The van der Waals surface area contributed by atoms with E-state index in [1.807, 2.05) is 31.2 Å². The third-order valence-corrected chi connectivity index (χ3v) is 4.10. The Morgan fingerprint density at radius 1 is 1.20 bits per heavy atom. The third-order valence-electron chi connectivity index (χ3n) is 2.77. The molecule has 2 rings (SSSR count). The Morgan fingerprint density at radius 3 is 2.65 bits per heavy atom. The van der Waals surface area contributed by atoms with Gasteiger partial charge in [0, 0.05) is 17.2 Å². The van der Waals surface area contributed by atoms with Crippen LogP contribution in [-0.2, 0) is 0 Å². The first-order valence-corrected chi connectivity index (χ1v) is 7.75. The SMILES string of the molecule is Cc1ccc(C(=O)NCCSc2ccccc2)c(Cl)c1. The van der Waals surface area contributed by atoms with Crippen LogP contribution in [0.4, 0.5) is 0 Å². The summed E-state index contributed by atoms with van der Waals surface area (Å²) in [7, 11) is 0. The molecule has 0 bridgehead atoms. The summed E-state index contributed by atoms with van der Waals surface area (Å²) in [5.74, 6) is 0.711. The van der Waals surface area contributed by atoms with E-state index in [-0.39, 0.29) is 5.91 Å². The summed E-state index contributed by atoms with van der Waals surface area (Å²) in [6, 6.07) is 15.6. The van der Waals surface area contributed by atoms with Crippen LogP contribution in [0.2, 0.25) is 5.02 Å². The molecule has 0 aliphatic carbocycles. The van der Waals surface area contributed by atoms with Gasteiger partial charge in [0.2, 0.25) is 0 Å². The minimum Gasteiger partial charge on any atom is -0.351 e. The molecule has 2 aromatic rings. The van der Waals surface area contributed by atoms with Crippen LogP contribution in [0.15, 0.2) is 53.4 Å². The van der Waals surface area contributed by atoms with Gasteiger partial charge in [0.15, 0.2) is 0 Å². The van der Waals surface area contributed by atoms with Crippen molar-refractivity contribution >= 4 is 29.3 Å². The van der Waals surface area contributed by atoms with Gasteiger partial charge < -0.3 is 5.32 Å². The van der Waals surface area contributed by atoms with Crippen molar-refractivity contribution in [1.29, 1.82) is 0 Å². The van der Waals surface area contributed by atoms with E-state index < -0.39 is 0 Å². The molecule has 1 N–H and O–H groups in total. The van der Waals surface area contributed by atoms with Crippen molar-refractivity contribution in [3.63, 3.8) is 0 Å². The van der Waals surface area contributed by atoms with Gasteiger partial charge in [-0.2, -0.15) is 0 Å². The van der Waals surface area contributed by atoms with E-state index in [9.17, 15) is 4.79 Å². The molecule has 2 aromatic carbocycles. The zero-order valence-electron chi connectivity index (χ0n) is 11.2. The normalized spacial score (nSPS) is 10.3. The van der Waals surface area contributed by atoms with Gasteiger partial charge in [-0.15, -0.1) is 11.8 Å². The summed E-state index contributed by atoms with van der Waals surface area (Å²) in [4.78, 5) is 13.2. The Kier molecular flexibility index (Phi) is 5.50. The first-order chi connectivity index (χ1) is 9.66. The molecule has 1 amide bonds. The van der Waals surface area contributed by atoms with E-state index in [1.54, 1.807) is 23.9 Å². The van der Waals surface area contributed by atoms with Crippen LogP contribution < -0.4 is 5.32 Å². The number of halogens is 1. The van der Waals surface area contributed by atoms with Crippen molar-refractivity contribution < 1.29 is 4.79 Å². The monoisotopic (exact) mass is 305 g/mol. The number of amides is 1. The lowest BCUT2D eigenvalue weighted by molar-refractivity contribution is 0.0956. The standard InChI is InChI=1S/C16H16ClNOS/c1-12-7-8-14(15(17)11-12)16(19)18-9-10-20-13-5-3-2-4-6-13/h2-8,11H,9-10H2,1H3,(H,18,19). The zero-order chi connectivity index (χ0) is 14.4.